The van der Waals surface area contributed by atoms with Crippen LogP contribution in [-0.4, -0.2) is 70.0 Å². The molecule has 196 valence electrons. The van der Waals surface area contributed by atoms with Gasteiger partial charge in [0.25, 0.3) is 0 Å². The van der Waals surface area contributed by atoms with Crippen molar-refractivity contribution in [1.82, 2.24) is 20.9 Å². The number of carbonyl (C=O) groups is 2. The molecular formula is C26H41ClN4O4. The summed E-state index contributed by atoms with van der Waals surface area (Å²) in [6, 6.07) is 7.83. The van der Waals surface area contributed by atoms with Crippen molar-refractivity contribution in [2.45, 2.75) is 57.1 Å². The van der Waals surface area contributed by atoms with E-state index in [1.165, 1.54) is 32.8 Å². The molecule has 3 N–H and O–H groups in total. The number of urea groups is 1. The average molecular weight is 509 g/mol. The Morgan fingerprint density at radius 1 is 1.20 bits per heavy atom. The molecule has 3 rings (SSSR count). The first kappa shape index (κ1) is 27.6. The minimum absolute atomic E-state index is 0.00477. The second-order valence-electron chi connectivity index (χ2n) is 9.70. The van der Waals surface area contributed by atoms with Crippen molar-refractivity contribution in [1.29, 1.82) is 0 Å². The van der Waals surface area contributed by atoms with Crippen LogP contribution in [0.25, 0.3) is 0 Å². The quantitative estimate of drug-likeness (QED) is 0.387. The van der Waals surface area contributed by atoms with Crippen LogP contribution in [0, 0.1) is 11.8 Å². The number of benzene rings is 1. The van der Waals surface area contributed by atoms with E-state index in [-0.39, 0.29) is 24.1 Å². The van der Waals surface area contributed by atoms with Crippen molar-refractivity contribution < 1.29 is 19.1 Å². The molecule has 2 aliphatic rings. The number of piperidine rings is 1. The number of likely N-dealkylation sites (N-methyl/N-ethyl adjacent to an activating group) is 1. The van der Waals surface area contributed by atoms with Crippen molar-refractivity contribution in [3.63, 3.8) is 0 Å². The predicted octanol–water partition coefficient (Wildman–Crippen LogP) is 4.34. The molecule has 1 aromatic carbocycles. The number of alkyl carbamates (subject to hydrolysis) is 1. The van der Waals surface area contributed by atoms with Gasteiger partial charge in [-0.05, 0) is 49.9 Å². The lowest BCUT2D eigenvalue weighted by Gasteiger charge is -2.38. The molecule has 35 heavy (non-hydrogen) atoms. The summed E-state index contributed by atoms with van der Waals surface area (Å²) >= 11 is 6.28. The summed E-state index contributed by atoms with van der Waals surface area (Å²) < 4.78 is 10.9. The Balaban J connectivity index is 1.62. The largest absolute Gasteiger partial charge is 0.453 e. The predicted molar refractivity (Wildman–Crippen MR) is 138 cm³/mol. The van der Waals surface area contributed by atoms with Gasteiger partial charge in [0.1, 0.15) is 0 Å². The third kappa shape index (κ3) is 8.85. The summed E-state index contributed by atoms with van der Waals surface area (Å²) in [5, 5.41) is 9.84. The number of carbonyl (C=O) groups excluding carboxylic acids is 2. The first-order chi connectivity index (χ1) is 17.0. The van der Waals surface area contributed by atoms with Gasteiger partial charge >= 0.3 is 12.1 Å². The molecule has 0 aromatic heterocycles. The van der Waals surface area contributed by atoms with Gasteiger partial charge < -0.3 is 30.3 Å². The van der Waals surface area contributed by atoms with E-state index in [0.717, 1.165) is 37.9 Å². The summed E-state index contributed by atoms with van der Waals surface area (Å²) in [6.07, 6.45) is 7.34. The summed E-state index contributed by atoms with van der Waals surface area (Å²) in [7, 11) is 3.27. The van der Waals surface area contributed by atoms with Gasteiger partial charge in [0, 0.05) is 43.2 Å². The fourth-order valence-electron chi connectivity index (χ4n) is 5.39. The van der Waals surface area contributed by atoms with Crippen LogP contribution < -0.4 is 16.0 Å². The number of nitrogens with zero attached hydrogens (tertiary/aromatic N) is 1. The highest BCUT2D eigenvalue weighted by Crippen LogP contribution is 2.34. The van der Waals surface area contributed by atoms with E-state index in [0.29, 0.717) is 30.6 Å². The van der Waals surface area contributed by atoms with Crippen molar-refractivity contribution in [3.05, 3.63) is 34.9 Å². The van der Waals surface area contributed by atoms with Crippen LogP contribution in [0.3, 0.4) is 0 Å². The monoisotopic (exact) mass is 508 g/mol. The molecular weight excluding hydrogens is 468 g/mol. The Labute approximate surface area is 214 Å². The average Bonchev–Trinajstić information content (AvgIpc) is 3.37. The molecule has 1 heterocycles. The van der Waals surface area contributed by atoms with Gasteiger partial charge in [0.2, 0.25) is 0 Å². The van der Waals surface area contributed by atoms with E-state index in [9.17, 15) is 9.59 Å². The van der Waals surface area contributed by atoms with Gasteiger partial charge in [0.05, 0.1) is 19.8 Å². The minimum atomic E-state index is -0.484. The molecule has 0 radical (unpaired) electrons. The highest BCUT2D eigenvalue weighted by atomic mass is 35.5. The number of likely N-dealkylation sites (tertiary alicyclic amines) is 1. The van der Waals surface area contributed by atoms with E-state index in [1.54, 1.807) is 0 Å². The summed E-state index contributed by atoms with van der Waals surface area (Å²) in [5.74, 6) is 0.839. The number of hydrogen-bond acceptors (Lipinski definition) is 5. The van der Waals surface area contributed by atoms with Gasteiger partial charge in [-0.1, -0.05) is 49.4 Å². The third-order valence-corrected chi connectivity index (χ3v) is 7.31. The number of amides is 3. The fraction of sp³-hybridized carbons (Fsp3) is 0.692. The van der Waals surface area contributed by atoms with Crippen molar-refractivity contribution in [3.8, 4) is 0 Å². The Morgan fingerprint density at radius 2 is 2.00 bits per heavy atom. The maximum atomic E-state index is 13.2. The van der Waals surface area contributed by atoms with E-state index in [4.69, 9.17) is 16.3 Å². The number of hydrogen-bond donors (Lipinski definition) is 3. The molecule has 0 bridgehead atoms. The fourth-order valence-corrected chi connectivity index (χ4v) is 5.59. The molecule has 3 atom stereocenters. The smallest absolute Gasteiger partial charge is 0.406 e. The second kappa shape index (κ2) is 14.5. The molecule has 9 heteroatoms. The van der Waals surface area contributed by atoms with Crippen molar-refractivity contribution in [2.75, 3.05) is 46.9 Å². The molecule has 1 saturated heterocycles. The van der Waals surface area contributed by atoms with Gasteiger partial charge in [-0.25, -0.2) is 9.59 Å². The van der Waals surface area contributed by atoms with E-state index in [1.807, 2.05) is 36.2 Å². The first-order valence-electron chi connectivity index (χ1n) is 12.9. The Bertz CT molecular complexity index is 805. The van der Waals surface area contributed by atoms with Gasteiger partial charge in [0.15, 0.2) is 0 Å². The SMILES string of the molecule is CNC[C@H](CC1CCCC1)NC(=O)N1CCC[C@@H](C(OCCNC(=O)OC)c2cccc(Cl)c2)C1. The summed E-state index contributed by atoms with van der Waals surface area (Å²) in [6.45, 7) is 2.81. The normalized spacial score (nSPS) is 20.3. The van der Waals surface area contributed by atoms with Crippen LogP contribution >= 0.6 is 11.6 Å². The lowest BCUT2D eigenvalue weighted by atomic mass is 9.88. The number of methoxy groups -OCH3 is 1. The lowest BCUT2D eigenvalue weighted by molar-refractivity contribution is -0.00863. The molecule has 8 nitrogen and oxygen atoms in total. The molecule has 0 spiro atoms. The van der Waals surface area contributed by atoms with Crippen molar-refractivity contribution >= 4 is 23.7 Å². The second-order valence-corrected chi connectivity index (χ2v) is 10.1. The molecule has 3 amide bonds. The summed E-state index contributed by atoms with van der Waals surface area (Å²) in [4.78, 5) is 26.5. The zero-order valence-electron chi connectivity index (χ0n) is 21.1. The summed E-state index contributed by atoms with van der Waals surface area (Å²) in [5.41, 5.74) is 0.983. The number of rotatable bonds is 11. The molecule has 1 unspecified atom stereocenters. The highest BCUT2D eigenvalue weighted by Gasteiger charge is 2.32. The van der Waals surface area contributed by atoms with Crippen LogP contribution in [0.1, 0.15) is 56.6 Å². The first-order valence-corrected chi connectivity index (χ1v) is 13.3. The van der Waals surface area contributed by atoms with Gasteiger partial charge in [-0.3, -0.25) is 0 Å². The molecule has 1 saturated carbocycles. The van der Waals surface area contributed by atoms with Crippen LogP contribution in [-0.2, 0) is 9.47 Å². The Morgan fingerprint density at radius 3 is 2.71 bits per heavy atom. The van der Waals surface area contributed by atoms with Gasteiger partial charge in [-0.15, -0.1) is 0 Å². The highest BCUT2D eigenvalue weighted by molar-refractivity contribution is 6.30. The number of nitrogens with one attached hydrogen (secondary N) is 3. The number of ether oxygens (including phenoxy) is 2. The molecule has 2 fully saturated rings. The molecule has 1 aliphatic carbocycles. The van der Waals surface area contributed by atoms with Crippen LogP contribution in [0.15, 0.2) is 24.3 Å². The number of halogens is 1. The maximum Gasteiger partial charge on any atom is 0.406 e. The maximum absolute atomic E-state index is 13.2. The third-order valence-electron chi connectivity index (χ3n) is 7.08. The Kier molecular flexibility index (Phi) is 11.4. The standard InChI is InChI=1S/C26H41ClN4O4/c1-28-17-23(15-19-7-3-4-8-19)30-25(32)31-13-6-10-21(18-31)24(20-9-5-11-22(27)16-20)35-14-12-29-26(33)34-2/h5,9,11,16,19,21,23-24,28H,3-4,6-8,10,12-15,17-18H2,1-2H3,(H,29,33)(H,30,32)/t21-,23+,24?/m1/s1. The van der Waals surface area contributed by atoms with E-state index < -0.39 is 6.09 Å². The topological polar surface area (TPSA) is 91.9 Å². The van der Waals surface area contributed by atoms with Crippen LogP contribution in [0.2, 0.25) is 5.02 Å². The van der Waals surface area contributed by atoms with Crippen LogP contribution in [0.4, 0.5) is 9.59 Å². The zero-order valence-corrected chi connectivity index (χ0v) is 21.8. The minimum Gasteiger partial charge on any atom is -0.453 e. The van der Waals surface area contributed by atoms with Crippen LogP contribution in [0.5, 0.6) is 0 Å². The van der Waals surface area contributed by atoms with E-state index >= 15 is 0 Å². The Hall–Kier alpha value is -2.03. The molecule has 1 aliphatic heterocycles. The van der Waals surface area contributed by atoms with Crippen molar-refractivity contribution in [2.24, 2.45) is 11.8 Å². The zero-order chi connectivity index (χ0) is 25.0. The lowest BCUT2D eigenvalue weighted by Crippen LogP contribution is -2.51. The van der Waals surface area contributed by atoms with E-state index in [2.05, 4.69) is 20.7 Å². The van der Waals surface area contributed by atoms with Gasteiger partial charge in [-0.2, -0.15) is 0 Å². The molecule has 1 aromatic rings.